The van der Waals surface area contributed by atoms with Gasteiger partial charge in [-0.05, 0) is 23.8 Å². The molecule has 0 spiro atoms. The highest BCUT2D eigenvalue weighted by Gasteiger charge is 2.31. The normalized spacial score (nSPS) is 15.7. The van der Waals surface area contributed by atoms with Gasteiger partial charge in [-0.2, -0.15) is 5.10 Å². The van der Waals surface area contributed by atoms with Crippen molar-refractivity contribution in [1.29, 1.82) is 0 Å². The molecule has 0 aliphatic carbocycles. The van der Waals surface area contributed by atoms with Crippen molar-refractivity contribution in [1.82, 2.24) is 14.1 Å². The van der Waals surface area contributed by atoms with Crippen LogP contribution < -0.4 is 9.47 Å². The molecule has 0 saturated heterocycles. The molecule has 5 rings (SSSR count). The third kappa shape index (κ3) is 3.64. The predicted molar refractivity (Wildman–Crippen MR) is 111 cm³/mol. The minimum atomic E-state index is -0.547. The number of ether oxygens (including phenoxy) is 2. The van der Waals surface area contributed by atoms with Gasteiger partial charge in [-0.25, -0.2) is 4.09 Å². The Morgan fingerprint density at radius 2 is 1.90 bits per heavy atom. The maximum absolute atomic E-state index is 13.0. The van der Waals surface area contributed by atoms with E-state index >= 15 is 0 Å². The van der Waals surface area contributed by atoms with Crippen LogP contribution in [0.25, 0.3) is 0 Å². The zero-order valence-corrected chi connectivity index (χ0v) is 17.0. The van der Waals surface area contributed by atoms with Crippen LogP contribution in [0, 0.1) is 0 Å². The maximum atomic E-state index is 13.0. The fourth-order valence-corrected chi connectivity index (χ4v) is 4.57. The van der Waals surface area contributed by atoms with Crippen LogP contribution in [-0.2, 0) is 17.9 Å². The van der Waals surface area contributed by atoms with E-state index in [-0.39, 0.29) is 12.5 Å². The minimum absolute atomic E-state index is 0.0762. The SMILES string of the molecule is O=C(C(CO)c1ccccc1)N1Cc2cn(Sc3ccc4c(c3)OCCO4)nc2C1. The van der Waals surface area contributed by atoms with E-state index in [0.29, 0.717) is 26.3 Å². The summed E-state index contributed by atoms with van der Waals surface area (Å²) in [6, 6.07) is 15.2. The molecule has 1 aromatic heterocycles. The number of hydrogen-bond donors (Lipinski definition) is 1. The lowest BCUT2D eigenvalue weighted by Crippen LogP contribution is -2.32. The van der Waals surface area contributed by atoms with E-state index in [9.17, 15) is 9.90 Å². The van der Waals surface area contributed by atoms with Crippen LogP contribution in [-0.4, -0.2) is 44.9 Å². The second-order valence-electron chi connectivity index (χ2n) is 7.24. The highest BCUT2D eigenvalue weighted by atomic mass is 32.2. The Morgan fingerprint density at radius 1 is 1.10 bits per heavy atom. The van der Waals surface area contributed by atoms with Crippen molar-refractivity contribution < 1.29 is 19.4 Å². The molecule has 2 aliphatic heterocycles. The van der Waals surface area contributed by atoms with E-state index in [4.69, 9.17) is 9.47 Å². The molecule has 154 valence electrons. The number of benzene rings is 2. The van der Waals surface area contributed by atoms with E-state index in [1.54, 1.807) is 4.90 Å². The van der Waals surface area contributed by atoms with Crippen molar-refractivity contribution >= 4 is 17.9 Å². The molecular weight excluding hydrogens is 402 g/mol. The molecule has 7 nitrogen and oxygen atoms in total. The van der Waals surface area contributed by atoms with Crippen LogP contribution in [0.1, 0.15) is 22.7 Å². The lowest BCUT2D eigenvalue weighted by Gasteiger charge is -2.22. The van der Waals surface area contributed by atoms with Crippen LogP contribution >= 0.6 is 11.9 Å². The van der Waals surface area contributed by atoms with Crippen molar-refractivity contribution in [3.05, 3.63) is 71.5 Å². The van der Waals surface area contributed by atoms with Gasteiger partial charge >= 0.3 is 0 Å². The van der Waals surface area contributed by atoms with E-state index in [2.05, 4.69) is 5.10 Å². The Balaban J connectivity index is 1.27. The zero-order valence-electron chi connectivity index (χ0n) is 16.2. The molecule has 3 aromatic rings. The number of fused-ring (bicyclic) bond motifs is 2. The highest BCUT2D eigenvalue weighted by Crippen LogP contribution is 2.35. The summed E-state index contributed by atoms with van der Waals surface area (Å²) in [6.45, 7) is 1.86. The lowest BCUT2D eigenvalue weighted by atomic mass is 9.98. The molecule has 1 atom stereocenters. The number of amides is 1. The number of rotatable bonds is 5. The van der Waals surface area contributed by atoms with Crippen molar-refractivity contribution in [2.45, 2.75) is 23.9 Å². The first-order valence-electron chi connectivity index (χ1n) is 9.81. The molecule has 2 aliphatic rings. The first-order chi connectivity index (χ1) is 14.7. The number of carbonyl (C=O) groups excluding carboxylic acids is 1. The summed E-state index contributed by atoms with van der Waals surface area (Å²) < 4.78 is 13.0. The second kappa shape index (κ2) is 8.04. The molecule has 0 fully saturated rings. The molecule has 3 heterocycles. The quantitative estimate of drug-likeness (QED) is 0.680. The molecule has 0 bridgehead atoms. The smallest absolute Gasteiger partial charge is 0.233 e. The summed E-state index contributed by atoms with van der Waals surface area (Å²) in [5.41, 5.74) is 2.74. The van der Waals surface area contributed by atoms with Crippen LogP contribution in [0.3, 0.4) is 0 Å². The Bertz CT molecular complexity index is 1050. The topological polar surface area (TPSA) is 76.8 Å². The molecule has 1 amide bonds. The summed E-state index contributed by atoms with van der Waals surface area (Å²) >= 11 is 1.49. The van der Waals surface area contributed by atoms with E-state index < -0.39 is 5.92 Å². The number of aromatic nitrogens is 2. The van der Waals surface area contributed by atoms with Gasteiger partial charge in [-0.3, -0.25) is 4.79 Å². The fourth-order valence-electron chi connectivity index (χ4n) is 3.75. The standard InChI is InChI=1S/C22H21N3O4S/c26-14-18(15-4-2-1-3-5-15)22(27)24-11-16-12-25(23-19(16)13-24)30-17-6-7-20-21(10-17)29-9-8-28-20/h1-7,10,12,18,26H,8-9,11,13-14H2. The number of aliphatic hydroxyl groups excluding tert-OH is 1. The summed E-state index contributed by atoms with van der Waals surface area (Å²) in [5.74, 6) is 0.889. The summed E-state index contributed by atoms with van der Waals surface area (Å²) in [5, 5.41) is 14.4. The van der Waals surface area contributed by atoms with Gasteiger partial charge in [0.15, 0.2) is 11.5 Å². The third-order valence-corrected chi connectivity index (χ3v) is 6.10. The maximum Gasteiger partial charge on any atom is 0.233 e. The average Bonchev–Trinajstić information content (AvgIpc) is 3.33. The Labute approximate surface area is 178 Å². The van der Waals surface area contributed by atoms with Gasteiger partial charge in [-0.15, -0.1) is 0 Å². The lowest BCUT2D eigenvalue weighted by molar-refractivity contribution is -0.134. The highest BCUT2D eigenvalue weighted by molar-refractivity contribution is 7.97. The summed E-state index contributed by atoms with van der Waals surface area (Å²) in [6.07, 6.45) is 1.96. The second-order valence-corrected chi connectivity index (χ2v) is 8.27. The van der Waals surface area contributed by atoms with E-state index in [0.717, 1.165) is 33.2 Å². The Morgan fingerprint density at radius 3 is 2.67 bits per heavy atom. The first-order valence-corrected chi connectivity index (χ1v) is 10.6. The van der Waals surface area contributed by atoms with Crippen molar-refractivity contribution in [3.63, 3.8) is 0 Å². The zero-order chi connectivity index (χ0) is 20.5. The number of carbonyl (C=O) groups is 1. The van der Waals surface area contributed by atoms with Crippen LogP contribution in [0.2, 0.25) is 0 Å². The minimum Gasteiger partial charge on any atom is -0.486 e. The molecular formula is C22H21N3O4S. The van der Waals surface area contributed by atoms with Gasteiger partial charge < -0.3 is 19.5 Å². The number of aliphatic hydroxyl groups is 1. The third-order valence-electron chi connectivity index (χ3n) is 5.26. The fraction of sp³-hybridized carbons (Fsp3) is 0.273. The van der Waals surface area contributed by atoms with E-state index in [1.165, 1.54) is 11.9 Å². The average molecular weight is 423 g/mol. The van der Waals surface area contributed by atoms with Gasteiger partial charge in [0, 0.05) is 35.1 Å². The predicted octanol–water partition coefficient (Wildman–Crippen LogP) is 2.83. The molecule has 2 aromatic carbocycles. The van der Waals surface area contributed by atoms with Crippen molar-refractivity contribution in [2.24, 2.45) is 0 Å². The molecule has 0 saturated carbocycles. The Hall–Kier alpha value is -2.97. The van der Waals surface area contributed by atoms with Gasteiger partial charge in [0.25, 0.3) is 0 Å². The molecule has 1 unspecified atom stereocenters. The monoisotopic (exact) mass is 423 g/mol. The van der Waals surface area contributed by atoms with Crippen LogP contribution in [0.4, 0.5) is 0 Å². The summed E-state index contributed by atoms with van der Waals surface area (Å²) in [4.78, 5) is 15.7. The van der Waals surface area contributed by atoms with E-state index in [1.807, 2.05) is 58.8 Å². The molecule has 1 N–H and O–H groups in total. The number of hydrogen-bond acceptors (Lipinski definition) is 6. The molecule has 30 heavy (non-hydrogen) atoms. The van der Waals surface area contributed by atoms with Crippen LogP contribution in [0.5, 0.6) is 11.5 Å². The molecule has 8 heteroatoms. The largest absolute Gasteiger partial charge is 0.486 e. The summed E-state index contributed by atoms with van der Waals surface area (Å²) in [7, 11) is 0. The van der Waals surface area contributed by atoms with Gasteiger partial charge in [0.05, 0.1) is 24.8 Å². The van der Waals surface area contributed by atoms with Gasteiger partial charge in [0.2, 0.25) is 5.91 Å². The van der Waals surface area contributed by atoms with Crippen molar-refractivity contribution in [3.8, 4) is 11.5 Å². The first kappa shape index (κ1) is 19.0. The Kier molecular flexibility index (Phi) is 5.10. The van der Waals surface area contributed by atoms with Gasteiger partial charge in [-0.1, -0.05) is 30.3 Å². The van der Waals surface area contributed by atoms with Gasteiger partial charge in [0.1, 0.15) is 13.2 Å². The number of nitrogens with zero attached hydrogens (tertiary/aromatic N) is 3. The van der Waals surface area contributed by atoms with Crippen molar-refractivity contribution in [2.75, 3.05) is 19.8 Å². The molecule has 0 radical (unpaired) electrons. The van der Waals surface area contributed by atoms with Crippen LogP contribution in [0.15, 0.2) is 59.6 Å².